The zero-order valence-electron chi connectivity index (χ0n) is 87.2. The van der Waals surface area contributed by atoms with E-state index >= 15 is 0 Å². The number of fused-ring (bicyclic) bond motifs is 35. The summed E-state index contributed by atoms with van der Waals surface area (Å²) < 4.78 is 36.4. The van der Waals surface area contributed by atoms with E-state index in [2.05, 4.69) is 539 Å². The second kappa shape index (κ2) is 35.5. The molecule has 8 nitrogen and oxygen atoms in total. The van der Waals surface area contributed by atoms with Gasteiger partial charge in [-0.2, -0.15) is 0 Å². The van der Waals surface area contributed by atoms with Crippen LogP contribution in [0.3, 0.4) is 0 Å². The third kappa shape index (κ3) is 15.5. The highest BCUT2D eigenvalue weighted by Crippen LogP contribution is 2.51. The molecule has 0 amide bonds. The maximum absolute atomic E-state index is 6.49. The number of benzene rings is 20. The summed E-state index contributed by atoms with van der Waals surface area (Å²) in [6.07, 6.45) is 0. The summed E-state index contributed by atoms with van der Waals surface area (Å²) >= 11 is 3.78. The van der Waals surface area contributed by atoms with Crippen molar-refractivity contribution < 1.29 is 13.3 Å². The van der Waals surface area contributed by atoms with Gasteiger partial charge in [0.15, 0.2) is 0 Å². The maximum Gasteiger partial charge on any atom is 0.139 e. The normalized spacial score (nSPS) is 12.5. The predicted molar refractivity (Wildman–Crippen MR) is 645 cm³/mol. The van der Waals surface area contributed by atoms with Crippen molar-refractivity contribution in [1.82, 2.24) is 22.8 Å². The van der Waals surface area contributed by atoms with Gasteiger partial charge in [0.2, 0.25) is 0 Å². The molecule has 10 heterocycles. The smallest absolute Gasteiger partial charge is 0.139 e. The van der Waals surface area contributed by atoms with Gasteiger partial charge in [0, 0.05) is 144 Å². The zero-order valence-corrected chi connectivity index (χ0v) is 88.8. The van der Waals surface area contributed by atoms with Crippen molar-refractivity contribution in [3.63, 3.8) is 0 Å². The molecule has 0 bridgehead atoms. The molecule has 10 heteroatoms. The number of hydrogen-bond donors (Lipinski definition) is 0. The third-order valence-electron chi connectivity index (χ3n) is 30.7. The lowest BCUT2D eigenvalue weighted by Gasteiger charge is -2.19. The average Bonchev–Trinajstić information content (AvgIpc) is 1.61. The first-order valence-corrected chi connectivity index (χ1v) is 54.0. The molecule has 730 valence electrons. The van der Waals surface area contributed by atoms with Crippen LogP contribution in [0.5, 0.6) is 0 Å². The van der Waals surface area contributed by atoms with Gasteiger partial charge in [0.05, 0.1) is 71.3 Å². The molecule has 30 rings (SSSR count). The Labute approximate surface area is 879 Å². The van der Waals surface area contributed by atoms with Gasteiger partial charge < -0.3 is 36.1 Å². The van der Waals surface area contributed by atoms with Crippen molar-refractivity contribution in [2.75, 3.05) is 0 Å². The molecule has 0 atom stereocenters. The van der Waals surface area contributed by atoms with Crippen LogP contribution in [0.15, 0.2) is 438 Å². The maximum atomic E-state index is 6.49. The van der Waals surface area contributed by atoms with Crippen LogP contribution < -0.4 is 0 Å². The molecule has 0 N–H and O–H groups in total. The Kier molecular flexibility index (Phi) is 22.0. The highest BCUT2D eigenvalue weighted by Gasteiger charge is 2.30. The summed E-state index contributed by atoms with van der Waals surface area (Å²) in [4.78, 5) is 0. The Morgan fingerprint density at radius 2 is 0.453 bits per heavy atom. The molecule has 0 spiro atoms. The Balaban J connectivity index is 0.0000000945. The lowest BCUT2D eigenvalue weighted by Crippen LogP contribution is -2.10. The summed E-state index contributed by atoms with van der Waals surface area (Å²) in [6.45, 7) is 34.0. The standard InChI is InChI=1S/3C28H23NO.2C28H23NS/c1-28(2,3)18-12-14-19(15-13-18)29-23-10-6-4-8-20(23)21-16-17-25-26(27(21)29)22-9-5-7-11-24(22)30-25;1-28(2,3)22-14-9-13-21-25-24(30-27(21)22)17-16-20-19-12-7-8-15-23(19)29(26(20)25)18-10-5-4-6-11-18;1-28(2,3)18-13-15-24-22(17-18)26-25(30-24)16-14-21-20-11-7-8-12-23(20)29(27(21)26)19-9-5-4-6-10-19;1-28(2,3)18-13-15-23-22(17-18)20-14-16-25-26(21-11-7-8-12-24(21)30-25)27(20)29(23)19-9-5-4-6-10-19;1-28(2,3)18-13-15-24-22(17-18)26-25(30-24)16-14-21-20-11-7-8-12-23(20)29(27(21)26)19-9-5-4-6-10-19/h5*4-17H,1-3H3. The molecule has 0 saturated heterocycles. The first-order chi connectivity index (χ1) is 72.6. The molecule has 0 radical (unpaired) electrons. The van der Waals surface area contributed by atoms with Gasteiger partial charge in [-0.1, -0.05) is 347 Å². The summed E-state index contributed by atoms with van der Waals surface area (Å²) in [5.41, 5.74) is 31.2. The van der Waals surface area contributed by atoms with Crippen LogP contribution in [0, 0.1) is 0 Å². The monoisotopic (exact) mass is 1980 g/mol. The zero-order chi connectivity index (χ0) is 102. The Morgan fingerprint density at radius 1 is 0.167 bits per heavy atom. The second-order valence-corrected chi connectivity index (χ2v) is 47.6. The molecular formula is C140H115N5O3S2. The predicted octanol–water partition coefficient (Wildman–Crippen LogP) is 40.8. The van der Waals surface area contributed by atoms with E-state index < -0.39 is 0 Å². The van der Waals surface area contributed by atoms with Crippen molar-refractivity contribution >= 4 is 238 Å². The first-order valence-electron chi connectivity index (χ1n) is 52.3. The number of aromatic nitrogens is 5. The summed E-state index contributed by atoms with van der Waals surface area (Å²) in [7, 11) is 0. The SMILES string of the molecule is CC(C)(C)c1ccc(-n2c3ccccc3c3ccc4oc5ccccc5c4c32)cc1.CC(C)(C)c1ccc2c(c1)c1ccc3sc4ccccc4c3c1n2-c1ccccc1.CC(C)(C)c1ccc2oc3ccc4c5ccccc5n(-c5ccccc5)c4c3c2c1.CC(C)(C)c1ccc2sc3ccc4c5ccccc5n(-c5ccccc5)c4c3c2c1.CC(C)(C)c1cccc2c1oc1ccc3c4ccccc4n(-c4ccccc4)c3c12. The van der Waals surface area contributed by atoms with Gasteiger partial charge in [0.1, 0.15) is 33.5 Å². The van der Waals surface area contributed by atoms with Crippen LogP contribution in [0.1, 0.15) is 132 Å². The number of rotatable bonds is 5. The van der Waals surface area contributed by atoms with Gasteiger partial charge in [-0.25, -0.2) is 0 Å². The second-order valence-electron chi connectivity index (χ2n) is 45.4. The number of para-hydroxylation sites is 10. The average molecular weight is 1980 g/mol. The Bertz CT molecular complexity index is 10200. The van der Waals surface area contributed by atoms with Crippen molar-refractivity contribution in [3.8, 4) is 28.4 Å². The fourth-order valence-electron chi connectivity index (χ4n) is 23.3. The summed E-state index contributed by atoms with van der Waals surface area (Å²) in [6, 6.07) is 153. The van der Waals surface area contributed by atoms with Crippen LogP contribution in [-0.4, -0.2) is 22.8 Å². The van der Waals surface area contributed by atoms with Crippen LogP contribution in [0.2, 0.25) is 0 Å². The van der Waals surface area contributed by atoms with Crippen molar-refractivity contribution in [2.24, 2.45) is 0 Å². The lowest BCUT2D eigenvalue weighted by molar-refractivity contribution is 0.573. The van der Waals surface area contributed by atoms with Crippen molar-refractivity contribution in [3.05, 3.63) is 452 Å². The number of thiophene rings is 2. The lowest BCUT2D eigenvalue weighted by atomic mass is 9.86. The molecular weight excluding hydrogens is 1860 g/mol. The summed E-state index contributed by atoms with van der Waals surface area (Å²) in [5.74, 6) is 0. The highest BCUT2D eigenvalue weighted by molar-refractivity contribution is 7.26. The van der Waals surface area contributed by atoms with E-state index in [-0.39, 0.29) is 27.1 Å². The van der Waals surface area contributed by atoms with E-state index in [1.165, 1.54) is 221 Å². The molecule has 0 aliphatic carbocycles. The van der Waals surface area contributed by atoms with Crippen LogP contribution in [0.25, 0.3) is 244 Å². The van der Waals surface area contributed by atoms with E-state index in [4.69, 9.17) is 13.3 Å². The minimum absolute atomic E-state index is 0.0125. The molecule has 0 saturated carbocycles. The Hall–Kier alpha value is -16.8. The van der Waals surface area contributed by atoms with E-state index in [1.54, 1.807) is 0 Å². The minimum Gasteiger partial charge on any atom is -0.456 e. The van der Waals surface area contributed by atoms with E-state index in [1.807, 2.05) is 34.8 Å². The largest absolute Gasteiger partial charge is 0.456 e. The quantitative estimate of drug-likeness (QED) is 0.172. The molecule has 0 aliphatic rings. The molecule has 10 aromatic heterocycles. The minimum atomic E-state index is 0.0125. The van der Waals surface area contributed by atoms with Crippen molar-refractivity contribution in [2.45, 2.75) is 131 Å². The van der Waals surface area contributed by atoms with Gasteiger partial charge >= 0.3 is 0 Å². The molecule has 20 aromatic carbocycles. The number of furan rings is 3. The summed E-state index contributed by atoms with van der Waals surface area (Å²) in [5, 5.41) is 25.4. The van der Waals surface area contributed by atoms with Gasteiger partial charge in [-0.3, -0.25) is 0 Å². The molecule has 0 fully saturated rings. The number of nitrogens with zero attached hydrogens (tertiary/aromatic N) is 5. The van der Waals surface area contributed by atoms with Crippen molar-refractivity contribution in [1.29, 1.82) is 0 Å². The topological polar surface area (TPSA) is 64.1 Å². The van der Waals surface area contributed by atoms with E-state index in [0.717, 1.165) is 50.3 Å². The third-order valence-corrected chi connectivity index (χ3v) is 33.0. The Morgan fingerprint density at radius 3 is 0.893 bits per heavy atom. The molecule has 150 heavy (non-hydrogen) atoms. The fraction of sp³-hybridized carbons (Fsp3) is 0.143. The van der Waals surface area contributed by atoms with Crippen LogP contribution >= 0.6 is 22.7 Å². The molecule has 0 unspecified atom stereocenters. The first kappa shape index (κ1) is 93.1. The van der Waals surface area contributed by atoms with Gasteiger partial charge in [-0.15, -0.1) is 22.7 Å². The molecule has 30 aromatic rings. The molecule has 0 aliphatic heterocycles. The van der Waals surface area contributed by atoms with Crippen LogP contribution in [0.4, 0.5) is 0 Å². The number of hydrogen-bond acceptors (Lipinski definition) is 5. The van der Waals surface area contributed by atoms with Gasteiger partial charge in [0.25, 0.3) is 0 Å². The highest BCUT2D eigenvalue weighted by atomic mass is 32.1. The fourth-order valence-corrected chi connectivity index (χ4v) is 25.5. The van der Waals surface area contributed by atoms with E-state index in [0.29, 0.717) is 0 Å². The van der Waals surface area contributed by atoms with Crippen LogP contribution in [-0.2, 0) is 27.1 Å². The van der Waals surface area contributed by atoms with Gasteiger partial charge in [-0.05, 0) is 231 Å². The van der Waals surface area contributed by atoms with E-state index in [9.17, 15) is 0 Å².